The van der Waals surface area contributed by atoms with E-state index >= 15 is 0 Å². The highest BCUT2D eigenvalue weighted by molar-refractivity contribution is 5.33. The smallest absolute Gasteiger partial charge is 0.245 e. The molecule has 3 rings (SSSR count). The third kappa shape index (κ3) is 2.22. The van der Waals surface area contributed by atoms with Gasteiger partial charge in [0.25, 0.3) is 0 Å². The number of hydrogen-bond donors (Lipinski definition) is 3. The van der Waals surface area contributed by atoms with E-state index in [4.69, 9.17) is 5.11 Å². The van der Waals surface area contributed by atoms with Crippen LogP contribution in [0.4, 0.5) is 5.95 Å². The number of anilines is 1. The van der Waals surface area contributed by atoms with Crippen LogP contribution in [0.1, 0.15) is 25.1 Å². The van der Waals surface area contributed by atoms with E-state index in [1.54, 1.807) is 0 Å². The Morgan fingerprint density at radius 1 is 1.39 bits per heavy atom. The summed E-state index contributed by atoms with van der Waals surface area (Å²) >= 11 is 0. The number of hydrogen-bond acceptors (Lipinski definition) is 5. The van der Waals surface area contributed by atoms with Gasteiger partial charge >= 0.3 is 0 Å². The highest BCUT2D eigenvalue weighted by Crippen LogP contribution is 2.28. The summed E-state index contributed by atoms with van der Waals surface area (Å²) in [6, 6.07) is 0.556. The molecule has 2 saturated heterocycles. The van der Waals surface area contributed by atoms with Crippen molar-refractivity contribution in [3.05, 3.63) is 5.82 Å². The molecule has 0 aliphatic carbocycles. The zero-order chi connectivity index (χ0) is 12.4. The number of aliphatic hydroxyl groups excluding tert-OH is 1. The van der Waals surface area contributed by atoms with Crippen LogP contribution in [-0.4, -0.2) is 52.6 Å². The maximum Gasteiger partial charge on any atom is 0.245 e. The van der Waals surface area contributed by atoms with Gasteiger partial charge in [-0.3, -0.25) is 5.10 Å². The molecule has 2 atom stereocenters. The van der Waals surface area contributed by atoms with Crippen molar-refractivity contribution in [2.24, 2.45) is 5.92 Å². The first-order chi connectivity index (χ1) is 8.88. The Morgan fingerprint density at radius 3 is 3.22 bits per heavy atom. The summed E-state index contributed by atoms with van der Waals surface area (Å²) in [6.07, 6.45) is 4.05. The number of rotatable bonds is 4. The lowest BCUT2D eigenvalue weighted by Crippen LogP contribution is -2.45. The van der Waals surface area contributed by atoms with Crippen LogP contribution in [0.5, 0.6) is 0 Å². The Labute approximate surface area is 107 Å². The van der Waals surface area contributed by atoms with Gasteiger partial charge in [0, 0.05) is 38.7 Å². The topological polar surface area (TPSA) is 77.1 Å². The largest absolute Gasteiger partial charge is 0.396 e. The lowest BCUT2D eigenvalue weighted by atomic mass is 9.92. The molecule has 0 amide bonds. The van der Waals surface area contributed by atoms with Gasteiger partial charge in [-0.25, -0.2) is 0 Å². The Morgan fingerprint density at radius 2 is 2.33 bits per heavy atom. The van der Waals surface area contributed by atoms with Gasteiger partial charge in [-0.05, 0) is 25.2 Å². The Hall–Kier alpha value is -1.14. The second-order valence-corrected chi connectivity index (χ2v) is 5.23. The van der Waals surface area contributed by atoms with E-state index in [2.05, 4.69) is 25.4 Å². The second-order valence-electron chi connectivity index (χ2n) is 5.23. The van der Waals surface area contributed by atoms with Gasteiger partial charge in [-0.15, -0.1) is 5.10 Å². The molecule has 3 N–H and O–H groups in total. The molecule has 2 aliphatic heterocycles. The fourth-order valence-electron chi connectivity index (χ4n) is 3.09. The van der Waals surface area contributed by atoms with Crippen LogP contribution >= 0.6 is 0 Å². The molecule has 0 aromatic carbocycles. The normalized spacial score (nSPS) is 27.5. The molecule has 18 heavy (non-hydrogen) atoms. The Bertz CT molecular complexity index is 394. The number of piperidine rings is 1. The maximum atomic E-state index is 8.83. The molecular weight excluding hydrogens is 230 g/mol. The number of aryl methyl sites for hydroxylation is 1. The van der Waals surface area contributed by atoms with Crippen molar-refractivity contribution in [2.75, 3.05) is 31.1 Å². The van der Waals surface area contributed by atoms with E-state index < -0.39 is 0 Å². The summed E-state index contributed by atoms with van der Waals surface area (Å²) in [5, 5.41) is 19.6. The van der Waals surface area contributed by atoms with Gasteiger partial charge in [-0.2, -0.15) is 4.98 Å². The van der Waals surface area contributed by atoms with E-state index in [0.717, 1.165) is 50.2 Å². The molecule has 1 aromatic heterocycles. The summed E-state index contributed by atoms with van der Waals surface area (Å²) in [7, 11) is 0. The fraction of sp³-hybridized carbons (Fsp3) is 0.833. The molecule has 1 aromatic rings. The van der Waals surface area contributed by atoms with E-state index in [1.807, 2.05) is 0 Å². The van der Waals surface area contributed by atoms with E-state index in [1.165, 1.54) is 12.8 Å². The SMILES string of the molecule is OCCCc1nc(N2CCCC3CNCC32)n[nH]1. The van der Waals surface area contributed by atoms with Crippen LogP contribution in [0.15, 0.2) is 0 Å². The Balaban J connectivity index is 1.71. The van der Waals surface area contributed by atoms with Gasteiger partial charge < -0.3 is 15.3 Å². The number of fused-ring (bicyclic) bond motifs is 1. The van der Waals surface area contributed by atoms with Crippen LogP contribution in [0.25, 0.3) is 0 Å². The van der Waals surface area contributed by atoms with Crippen molar-refractivity contribution < 1.29 is 5.11 Å². The summed E-state index contributed by atoms with van der Waals surface area (Å²) in [6.45, 7) is 3.43. The van der Waals surface area contributed by atoms with Gasteiger partial charge in [0.15, 0.2) is 0 Å². The third-order valence-electron chi connectivity index (χ3n) is 4.03. The predicted octanol–water partition coefficient (Wildman–Crippen LogP) is -0.0822. The molecule has 2 unspecified atom stereocenters. The van der Waals surface area contributed by atoms with Crippen molar-refractivity contribution in [3.63, 3.8) is 0 Å². The summed E-state index contributed by atoms with van der Waals surface area (Å²) in [4.78, 5) is 6.89. The van der Waals surface area contributed by atoms with Gasteiger partial charge in [0.1, 0.15) is 5.82 Å². The van der Waals surface area contributed by atoms with E-state index in [-0.39, 0.29) is 6.61 Å². The zero-order valence-electron chi connectivity index (χ0n) is 10.6. The molecule has 0 spiro atoms. The van der Waals surface area contributed by atoms with Crippen molar-refractivity contribution in [1.82, 2.24) is 20.5 Å². The average Bonchev–Trinajstić information content (AvgIpc) is 3.04. The van der Waals surface area contributed by atoms with E-state index in [9.17, 15) is 0 Å². The number of nitrogens with zero attached hydrogens (tertiary/aromatic N) is 3. The van der Waals surface area contributed by atoms with Crippen molar-refractivity contribution >= 4 is 5.95 Å². The van der Waals surface area contributed by atoms with Crippen molar-refractivity contribution in [2.45, 2.75) is 31.7 Å². The van der Waals surface area contributed by atoms with Gasteiger partial charge in [0.05, 0.1) is 0 Å². The van der Waals surface area contributed by atoms with E-state index in [0.29, 0.717) is 6.04 Å². The quantitative estimate of drug-likeness (QED) is 0.697. The van der Waals surface area contributed by atoms with Crippen molar-refractivity contribution in [1.29, 1.82) is 0 Å². The van der Waals surface area contributed by atoms with Crippen LogP contribution < -0.4 is 10.2 Å². The molecular formula is C12H21N5O. The zero-order valence-corrected chi connectivity index (χ0v) is 10.6. The minimum Gasteiger partial charge on any atom is -0.396 e. The van der Waals surface area contributed by atoms with Gasteiger partial charge in [-0.1, -0.05) is 0 Å². The monoisotopic (exact) mass is 251 g/mol. The van der Waals surface area contributed by atoms with Crippen LogP contribution in [0, 0.1) is 5.92 Å². The standard InChI is InChI=1S/C12H21N5O/c18-6-2-4-11-14-12(16-15-11)17-5-1-3-9-7-13-8-10(9)17/h9-10,13,18H,1-8H2,(H,14,15,16). The number of H-pyrrole nitrogens is 1. The van der Waals surface area contributed by atoms with Gasteiger partial charge in [0.2, 0.25) is 5.95 Å². The first kappa shape index (κ1) is 11.9. The lowest BCUT2D eigenvalue weighted by molar-refractivity contribution is 0.287. The third-order valence-corrected chi connectivity index (χ3v) is 4.03. The number of aliphatic hydroxyl groups is 1. The van der Waals surface area contributed by atoms with Crippen LogP contribution in [-0.2, 0) is 6.42 Å². The maximum absolute atomic E-state index is 8.83. The highest BCUT2D eigenvalue weighted by Gasteiger charge is 2.36. The second kappa shape index (κ2) is 5.24. The Kier molecular flexibility index (Phi) is 3.47. The predicted molar refractivity (Wildman–Crippen MR) is 68.5 cm³/mol. The number of aromatic nitrogens is 3. The minimum absolute atomic E-state index is 0.203. The molecule has 6 nitrogen and oxygen atoms in total. The number of aromatic amines is 1. The average molecular weight is 251 g/mol. The van der Waals surface area contributed by atoms with Crippen LogP contribution in [0.3, 0.4) is 0 Å². The molecule has 0 saturated carbocycles. The molecule has 0 radical (unpaired) electrons. The summed E-state index contributed by atoms with van der Waals surface area (Å²) < 4.78 is 0. The molecule has 100 valence electrons. The minimum atomic E-state index is 0.203. The number of nitrogens with one attached hydrogen (secondary N) is 2. The first-order valence-electron chi connectivity index (χ1n) is 6.88. The molecule has 3 heterocycles. The fourth-order valence-corrected chi connectivity index (χ4v) is 3.09. The molecule has 2 fully saturated rings. The molecule has 2 aliphatic rings. The van der Waals surface area contributed by atoms with Crippen LogP contribution in [0.2, 0.25) is 0 Å². The first-order valence-corrected chi connectivity index (χ1v) is 6.88. The summed E-state index contributed by atoms with van der Waals surface area (Å²) in [5.41, 5.74) is 0. The summed E-state index contributed by atoms with van der Waals surface area (Å²) in [5.74, 6) is 2.46. The molecule has 6 heteroatoms. The highest BCUT2D eigenvalue weighted by atomic mass is 16.2. The lowest BCUT2D eigenvalue weighted by Gasteiger charge is -2.36. The van der Waals surface area contributed by atoms with Crippen molar-refractivity contribution in [3.8, 4) is 0 Å². The molecule has 0 bridgehead atoms.